The Labute approximate surface area is 248 Å². The largest absolute Gasteiger partial charge is 0.377 e. The van der Waals surface area contributed by atoms with E-state index in [1.165, 1.54) is 65.5 Å². The second-order valence-electron chi connectivity index (χ2n) is 11.3. The summed E-state index contributed by atoms with van der Waals surface area (Å²) < 4.78 is 0. The van der Waals surface area contributed by atoms with Gasteiger partial charge in [-0.05, 0) is 55.6 Å². The van der Waals surface area contributed by atoms with Crippen molar-refractivity contribution in [2.24, 2.45) is 0 Å². The van der Waals surface area contributed by atoms with Crippen molar-refractivity contribution in [3.63, 3.8) is 0 Å². The normalized spacial score (nSPS) is 11.7. The van der Waals surface area contributed by atoms with Gasteiger partial charge in [-0.15, -0.1) is 0 Å². The molecule has 0 heterocycles. The predicted octanol–water partition coefficient (Wildman–Crippen LogP) is 8.60. The Kier molecular flexibility index (Phi) is 6.81. The van der Waals surface area contributed by atoms with E-state index in [2.05, 4.69) is 177 Å². The Morgan fingerprint density at radius 1 is 0.476 bits per heavy atom. The van der Waals surface area contributed by atoms with Crippen LogP contribution in [0.1, 0.15) is 11.1 Å². The molecule has 0 saturated carbocycles. The van der Waals surface area contributed by atoms with Crippen molar-refractivity contribution >= 4 is 67.2 Å². The van der Waals surface area contributed by atoms with Gasteiger partial charge in [0.15, 0.2) is 0 Å². The van der Waals surface area contributed by atoms with Crippen LogP contribution >= 0.6 is 0 Å². The molecule has 0 N–H and O–H groups in total. The molecule has 200 valence electrons. The Morgan fingerprint density at radius 3 is 1.48 bits per heavy atom. The van der Waals surface area contributed by atoms with Crippen molar-refractivity contribution in [3.05, 3.63) is 163 Å². The van der Waals surface area contributed by atoms with Crippen LogP contribution in [-0.2, 0) is 0 Å². The van der Waals surface area contributed by atoms with Crippen LogP contribution in [0.25, 0.3) is 43.9 Å². The van der Waals surface area contributed by atoms with Crippen molar-refractivity contribution in [2.45, 2.75) is 0 Å². The van der Waals surface area contributed by atoms with Crippen LogP contribution < -0.4 is 15.8 Å². The summed E-state index contributed by atoms with van der Waals surface area (Å²) in [7, 11) is 4.24. The molecule has 42 heavy (non-hydrogen) atoms. The molecule has 7 aromatic carbocycles. The number of hydrogen-bond acceptors (Lipinski definition) is 1. The molecule has 0 aliphatic rings. The minimum absolute atomic E-state index is 0.0237. The highest BCUT2D eigenvalue weighted by Gasteiger charge is 2.26. The predicted molar refractivity (Wildman–Crippen MR) is 186 cm³/mol. The van der Waals surface area contributed by atoms with Crippen LogP contribution in [0.4, 0.5) is 5.69 Å². The number of fused-ring (bicyclic) bond motifs is 3. The van der Waals surface area contributed by atoms with E-state index in [0.29, 0.717) is 0 Å². The number of rotatable bonds is 6. The van der Waals surface area contributed by atoms with Crippen molar-refractivity contribution in [3.8, 4) is 0 Å². The first-order chi connectivity index (χ1) is 20.6. The lowest BCUT2D eigenvalue weighted by Gasteiger charge is -2.23. The van der Waals surface area contributed by atoms with Gasteiger partial charge in [-0.1, -0.05) is 162 Å². The molecule has 0 saturated heterocycles. The molecule has 0 atom stereocenters. The van der Waals surface area contributed by atoms with Gasteiger partial charge in [-0.25, -0.2) is 0 Å². The molecular weight excluding hydrogens is 505 g/mol. The molecule has 0 aliphatic carbocycles. The summed E-state index contributed by atoms with van der Waals surface area (Å²) in [5, 5.41) is 7.53. The SMILES string of the molecule is CN(C)c1ccccc1/C=C(\B(c1ccc2ccccc2c1)c1ccc2ccccc2c1)c1ccc2ccccc2c1. The Morgan fingerprint density at radius 2 is 0.929 bits per heavy atom. The second-order valence-corrected chi connectivity index (χ2v) is 11.3. The van der Waals surface area contributed by atoms with Crippen molar-refractivity contribution < 1.29 is 0 Å². The van der Waals surface area contributed by atoms with E-state index in [4.69, 9.17) is 0 Å². The molecule has 0 aromatic heterocycles. The van der Waals surface area contributed by atoms with E-state index < -0.39 is 0 Å². The van der Waals surface area contributed by atoms with Crippen molar-refractivity contribution in [2.75, 3.05) is 19.0 Å². The van der Waals surface area contributed by atoms with E-state index in [9.17, 15) is 0 Å². The molecule has 0 unspecified atom stereocenters. The second kappa shape index (κ2) is 11.1. The maximum absolute atomic E-state index is 2.41. The van der Waals surface area contributed by atoms with Crippen molar-refractivity contribution in [1.29, 1.82) is 0 Å². The maximum Gasteiger partial charge on any atom is 0.242 e. The molecule has 0 spiro atoms. The molecule has 0 aliphatic heterocycles. The van der Waals surface area contributed by atoms with E-state index >= 15 is 0 Å². The number of para-hydroxylation sites is 1. The van der Waals surface area contributed by atoms with Crippen LogP contribution in [0.3, 0.4) is 0 Å². The standard InChI is InChI=1S/C40H32BN/c1-42(2)40-18-10-9-17-36(40)28-39(35-20-19-29-11-3-6-14-32(29)25-35)41(37-23-21-30-12-4-7-15-33(30)26-37)38-24-22-31-13-5-8-16-34(31)27-38/h3-28H,1-2H3/b39-28-. The first-order valence-corrected chi connectivity index (χ1v) is 14.6. The van der Waals surface area contributed by atoms with Crippen LogP contribution in [0.5, 0.6) is 0 Å². The molecule has 7 rings (SSSR count). The van der Waals surface area contributed by atoms with Crippen LogP contribution in [0.2, 0.25) is 0 Å². The van der Waals surface area contributed by atoms with E-state index in [0.717, 1.165) is 0 Å². The third kappa shape index (κ3) is 4.97. The van der Waals surface area contributed by atoms with Gasteiger partial charge in [0.05, 0.1) is 0 Å². The highest BCUT2D eigenvalue weighted by molar-refractivity contribution is 7.00. The van der Waals surface area contributed by atoms with E-state index in [-0.39, 0.29) is 6.71 Å². The van der Waals surface area contributed by atoms with Crippen LogP contribution in [0, 0.1) is 0 Å². The Bertz CT molecular complexity index is 2010. The Hall–Kier alpha value is -5.08. The zero-order chi connectivity index (χ0) is 28.5. The maximum atomic E-state index is 2.41. The average Bonchev–Trinajstić information content (AvgIpc) is 3.04. The number of hydrogen-bond donors (Lipinski definition) is 0. The minimum atomic E-state index is 0.0237. The summed E-state index contributed by atoms with van der Waals surface area (Å²) in [4.78, 5) is 2.20. The molecule has 7 aromatic rings. The topological polar surface area (TPSA) is 3.24 Å². The van der Waals surface area contributed by atoms with Gasteiger partial charge in [0.25, 0.3) is 0 Å². The lowest BCUT2D eigenvalue weighted by atomic mass is 9.35. The molecule has 0 amide bonds. The van der Waals surface area contributed by atoms with Gasteiger partial charge >= 0.3 is 0 Å². The summed E-state index contributed by atoms with van der Waals surface area (Å²) in [6, 6.07) is 55.5. The molecule has 0 fully saturated rings. The Balaban J connectivity index is 1.53. The van der Waals surface area contributed by atoms with Gasteiger partial charge in [0, 0.05) is 19.8 Å². The van der Waals surface area contributed by atoms with E-state index in [1.54, 1.807) is 0 Å². The monoisotopic (exact) mass is 537 g/mol. The molecule has 2 heteroatoms. The molecule has 0 bridgehead atoms. The quantitative estimate of drug-likeness (QED) is 0.152. The number of benzene rings is 7. The zero-order valence-electron chi connectivity index (χ0n) is 24.0. The fourth-order valence-corrected chi connectivity index (χ4v) is 6.21. The van der Waals surface area contributed by atoms with Gasteiger partial charge in [0.1, 0.15) is 0 Å². The fraction of sp³-hybridized carbons (Fsp3) is 0.0500. The van der Waals surface area contributed by atoms with Gasteiger partial charge in [0.2, 0.25) is 6.71 Å². The highest BCUT2D eigenvalue weighted by Crippen LogP contribution is 2.30. The summed E-state index contributed by atoms with van der Waals surface area (Å²) in [6.45, 7) is 0.0237. The number of anilines is 1. The molecular formula is C40H32BN. The zero-order valence-corrected chi connectivity index (χ0v) is 24.0. The third-order valence-electron chi connectivity index (χ3n) is 8.34. The molecule has 0 radical (unpaired) electrons. The first kappa shape index (κ1) is 25.9. The highest BCUT2D eigenvalue weighted by atomic mass is 15.1. The number of nitrogens with zero attached hydrogens (tertiary/aromatic N) is 1. The van der Waals surface area contributed by atoms with Gasteiger partial charge < -0.3 is 4.90 Å². The smallest absolute Gasteiger partial charge is 0.242 e. The van der Waals surface area contributed by atoms with Gasteiger partial charge in [-0.2, -0.15) is 0 Å². The third-order valence-corrected chi connectivity index (χ3v) is 8.34. The first-order valence-electron chi connectivity index (χ1n) is 14.6. The lowest BCUT2D eigenvalue weighted by molar-refractivity contribution is 1.13. The van der Waals surface area contributed by atoms with E-state index in [1.807, 2.05) is 0 Å². The van der Waals surface area contributed by atoms with Gasteiger partial charge in [-0.3, -0.25) is 0 Å². The summed E-state index contributed by atoms with van der Waals surface area (Å²) in [5.74, 6) is 0. The lowest BCUT2D eigenvalue weighted by Crippen LogP contribution is -2.43. The summed E-state index contributed by atoms with van der Waals surface area (Å²) in [6.07, 6.45) is 2.41. The summed E-state index contributed by atoms with van der Waals surface area (Å²) in [5.41, 5.74) is 7.48. The minimum Gasteiger partial charge on any atom is -0.377 e. The average molecular weight is 538 g/mol. The summed E-state index contributed by atoms with van der Waals surface area (Å²) >= 11 is 0. The van der Waals surface area contributed by atoms with Crippen LogP contribution in [0.15, 0.2) is 152 Å². The van der Waals surface area contributed by atoms with Crippen molar-refractivity contribution in [1.82, 2.24) is 0 Å². The molecule has 1 nitrogen and oxygen atoms in total. The fourth-order valence-electron chi connectivity index (χ4n) is 6.21. The van der Waals surface area contributed by atoms with Crippen LogP contribution in [-0.4, -0.2) is 20.8 Å².